The van der Waals surface area contributed by atoms with E-state index >= 15 is 0 Å². The van der Waals surface area contributed by atoms with Gasteiger partial charge in [0.1, 0.15) is 6.54 Å². The molecule has 0 radical (unpaired) electrons. The predicted molar refractivity (Wildman–Crippen MR) is 44.2 cm³/mol. The summed E-state index contributed by atoms with van der Waals surface area (Å²) in [7, 11) is 0. The van der Waals surface area contributed by atoms with Gasteiger partial charge in [-0.15, -0.1) is 0 Å². The SMILES string of the molecule is O=C1CN(O)c2ccccc2N1. The lowest BCUT2D eigenvalue weighted by atomic mass is 10.2. The summed E-state index contributed by atoms with van der Waals surface area (Å²) in [5.74, 6) is -0.198. The molecule has 0 aliphatic carbocycles. The van der Waals surface area contributed by atoms with Crippen LogP contribution in [-0.2, 0) is 4.79 Å². The smallest absolute Gasteiger partial charge is 0.246 e. The van der Waals surface area contributed by atoms with Gasteiger partial charge in [0.05, 0.1) is 11.4 Å². The second-order valence-corrected chi connectivity index (χ2v) is 2.62. The Labute approximate surface area is 69.4 Å². The molecule has 0 unspecified atom stereocenters. The Kier molecular flexibility index (Phi) is 1.48. The van der Waals surface area contributed by atoms with E-state index in [4.69, 9.17) is 0 Å². The molecule has 2 N–H and O–H groups in total. The van der Waals surface area contributed by atoms with E-state index in [1.807, 2.05) is 0 Å². The fourth-order valence-corrected chi connectivity index (χ4v) is 1.22. The van der Waals surface area contributed by atoms with Crippen LogP contribution in [0.1, 0.15) is 0 Å². The largest absolute Gasteiger partial charge is 0.323 e. The first-order valence-electron chi connectivity index (χ1n) is 3.62. The molecule has 0 fully saturated rings. The second kappa shape index (κ2) is 2.49. The molecule has 1 aromatic rings. The number of carbonyl (C=O) groups excluding carboxylic acids is 1. The lowest BCUT2D eigenvalue weighted by Gasteiger charge is -2.24. The Balaban J connectivity index is 2.47. The van der Waals surface area contributed by atoms with Crippen LogP contribution in [0, 0.1) is 0 Å². The maximum absolute atomic E-state index is 10.9. The zero-order valence-corrected chi connectivity index (χ0v) is 6.32. The number of rotatable bonds is 0. The minimum atomic E-state index is -0.198. The molecule has 0 saturated heterocycles. The first kappa shape index (κ1) is 7.12. The molecule has 62 valence electrons. The number of para-hydroxylation sites is 2. The summed E-state index contributed by atoms with van der Waals surface area (Å²) >= 11 is 0. The van der Waals surface area contributed by atoms with Crippen molar-refractivity contribution in [2.45, 2.75) is 0 Å². The van der Waals surface area contributed by atoms with E-state index in [2.05, 4.69) is 5.32 Å². The van der Waals surface area contributed by atoms with E-state index in [0.717, 1.165) is 5.06 Å². The van der Waals surface area contributed by atoms with Crippen LogP contribution in [0.25, 0.3) is 0 Å². The second-order valence-electron chi connectivity index (χ2n) is 2.62. The first-order chi connectivity index (χ1) is 5.77. The van der Waals surface area contributed by atoms with Gasteiger partial charge in [-0.3, -0.25) is 10.0 Å². The van der Waals surface area contributed by atoms with Crippen molar-refractivity contribution in [3.8, 4) is 0 Å². The number of benzene rings is 1. The highest BCUT2D eigenvalue weighted by molar-refractivity contribution is 6.00. The molecule has 0 aromatic heterocycles. The maximum atomic E-state index is 10.9. The van der Waals surface area contributed by atoms with E-state index in [1.165, 1.54) is 0 Å². The molecular formula is C8H8N2O2. The van der Waals surface area contributed by atoms with Gasteiger partial charge in [0, 0.05) is 0 Å². The normalized spacial score (nSPS) is 15.4. The van der Waals surface area contributed by atoms with Crippen molar-refractivity contribution in [2.75, 3.05) is 16.9 Å². The highest BCUT2D eigenvalue weighted by atomic mass is 16.5. The Morgan fingerprint density at radius 1 is 1.42 bits per heavy atom. The van der Waals surface area contributed by atoms with Gasteiger partial charge >= 0.3 is 0 Å². The van der Waals surface area contributed by atoms with Gasteiger partial charge in [-0.2, -0.15) is 0 Å². The zero-order chi connectivity index (χ0) is 8.55. The molecule has 1 aromatic carbocycles. The number of hydrogen-bond acceptors (Lipinski definition) is 3. The van der Waals surface area contributed by atoms with Crippen LogP contribution in [-0.4, -0.2) is 17.7 Å². The number of carbonyl (C=O) groups is 1. The number of amides is 1. The van der Waals surface area contributed by atoms with E-state index in [0.29, 0.717) is 11.4 Å². The fraction of sp³-hybridized carbons (Fsp3) is 0.125. The van der Waals surface area contributed by atoms with Crippen LogP contribution in [0.5, 0.6) is 0 Å². The Morgan fingerprint density at radius 2 is 2.17 bits per heavy atom. The molecule has 1 heterocycles. The van der Waals surface area contributed by atoms with Gasteiger partial charge in [-0.25, -0.2) is 5.06 Å². The molecule has 4 heteroatoms. The lowest BCUT2D eigenvalue weighted by molar-refractivity contribution is -0.116. The van der Waals surface area contributed by atoms with Crippen molar-refractivity contribution in [1.29, 1.82) is 0 Å². The molecule has 12 heavy (non-hydrogen) atoms. The molecule has 2 rings (SSSR count). The van der Waals surface area contributed by atoms with Gasteiger partial charge in [0.15, 0.2) is 0 Å². The summed E-state index contributed by atoms with van der Waals surface area (Å²) in [6.45, 7) is -0.00296. The standard InChI is InChI=1S/C8H8N2O2/c11-8-5-10(12)7-4-2-1-3-6(7)9-8/h1-4,12H,5H2,(H,9,11). The minimum Gasteiger partial charge on any atom is -0.323 e. The molecule has 1 amide bonds. The van der Waals surface area contributed by atoms with Gasteiger partial charge in [-0.1, -0.05) is 12.1 Å². The molecule has 0 bridgehead atoms. The van der Waals surface area contributed by atoms with Crippen LogP contribution in [0.15, 0.2) is 24.3 Å². The quantitative estimate of drug-likeness (QED) is 0.597. The Bertz CT molecular complexity index is 325. The summed E-state index contributed by atoms with van der Waals surface area (Å²) < 4.78 is 0. The first-order valence-corrected chi connectivity index (χ1v) is 3.62. The molecule has 0 spiro atoms. The molecule has 1 aliphatic heterocycles. The van der Waals surface area contributed by atoms with E-state index in [1.54, 1.807) is 24.3 Å². The molecule has 0 atom stereocenters. The Morgan fingerprint density at radius 3 is 3.00 bits per heavy atom. The highest BCUT2D eigenvalue weighted by Crippen LogP contribution is 2.26. The minimum absolute atomic E-state index is 0.00296. The molecule has 4 nitrogen and oxygen atoms in total. The van der Waals surface area contributed by atoms with Crippen molar-refractivity contribution >= 4 is 17.3 Å². The summed E-state index contributed by atoms with van der Waals surface area (Å²) in [5, 5.41) is 12.9. The number of nitrogens with zero attached hydrogens (tertiary/aromatic N) is 1. The van der Waals surface area contributed by atoms with Crippen LogP contribution < -0.4 is 10.4 Å². The van der Waals surface area contributed by atoms with Gasteiger partial charge in [-0.05, 0) is 12.1 Å². The number of nitrogens with one attached hydrogen (secondary N) is 1. The van der Waals surface area contributed by atoms with Crippen molar-refractivity contribution < 1.29 is 10.0 Å². The van der Waals surface area contributed by atoms with Crippen molar-refractivity contribution in [3.05, 3.63) is 24.3 Å². The van der Waals surface area contributed by atoms with Crippen LogP contribution in [0.3, 0.4) is 0 Å². The van der Waals surface area contributed by atoms with Gasteiger partial charge < -0.3 is 5.32 Å². The van der Waals surface area contributed by atoms with Gasteiger partial charge in [0.25, 0.3) is 0 Å². The average Bonchev–Trinajstić information content (AvgIpc) is 2.04. The Hall–Kier alpha value is -1.55. The molecular weight excluding hydrogens is 156 g/mol. The summed E-state index contributed by atoms with van der Waals surface area (Å²) in [4.78, 5) is 10.9. The third-order valence-corrected chi connectivity index (χ3v) is 1.75. The highest BCUT2D eigenvalue weighted by Gasteiger charge is 2.19. The number of anilines is 2. The number of hydroxylamine groups is 1. The van der Waals surface area contributed by atoms with Crippen molar-refractivity contribution in [1.82, 2.24) is 0 Å². The topological polar surface area (TPSA) is 52.6 Å². The number of hydrogen-bond donors (Lipinski definition) is 2. The van der Waals surface area contributed by atoms with Crippen LogP contribution in [0.2, 0.25) is 0 Å². The van der Waals surface area contributed by atoms with Crippen molar-refractivity contribution in [2.24, 2.45) is 0 Å². The lowest BCUT2D eigenvalue weighted by Crippen LogP contribution is -2.35. The van der Waals surface area contributed by atoms with Crippen LogP contribution in [0.4, 0.5) is 11.4 Å². The zero-order valence-electron chi connectivity index (χ0n) is 6.32. The van der Waals surface area contributed by atoms with Crippen LogP contribution >= 0.6 is 0 Å². The number of fused-ring (bicyclic) bond motifs is 1. The third-order valence-electron chi connectivity index (χ3n) is 1.75. The summed E-state index contributed by atoms with van der Waals surface area (Å²) in [5.41, 5.74) is 1.29. The fourth-order valence-electron chi connectivity index (χ4n) is 1.22. The predicted octanol–water partition coefficient (Wildman–Crippen LogP) is 0.834. The monoisotopic (exact) mass is 164 g/mol. The maximum Gasteiger partial charge on any atom is 0.246 e. The molecule has 1 aliphatic rings. The summed E-state index contributed by atoms with van der Waals surface area (Å²) in [6, 6.07) is 7.10. The van der Waals surface area contributed by atoms with Crippen molar-refractivity contribution in [3.63, 3.8) is 0 Å². The summed E-state index contributed by atoms with van der Waals surface area (Å²) in [6.07, 6.45) is 0. The average molecular weight is 164 g/mol. The van der Waals surface area contributed by atoms with E-state index in [9.17, 15) is 10.0 Å². The van der Waals surface area contributed by atoms with E-state index < -0.39 is 0 Å². The van der Waals surface area contributed by atoms with E-state index in [-0.39, 0.29) is 12.5 Å². The van der Waals surface area contributed by atoms with Gasteiger partial charge in [0.2, 0.25) is 5.91 Å². The molecule has 0 saturated carbocycles. The third kappa shape index (κ3) is 1.02.